The molecule has 0 aliphatic rings. The summed E-state index contributed by atoms with van der Waals surface area (Å²) in [6.07, 6.45) is 2.10. The fraction of sp³-hybridized carbons (Fsp3) is 0.417. The van der Waals surface area contributed by atoms with Crippen molar-refractivity contribution in [2.75, 3.05) is 12.8 Å². The summed E-state index contributed by atoms with van der Waals surface area (Å²) in [5.74, 6) is 0. The molecule has 0 saturated carbocycles. The average molecular weight is 255 g/mol. The largest absolute Gasteiger partial charge is 0.312 e. The lowest BCUT2D eigenvalue weighted by Crippen LogP contribution is -2.22. The van der Waals surface area contributed by atoms with Gasteiger partial charge < -0.3 is 5.32 Å². The molecular formula is C12H15ClN2S. The van der Waals surface area contributed by atoms with E-state index in [2.05, 4.69) is 24.6 Å². The second-order valence-electron chi connectivity index (χ2n) is 3.60. The van der Waals surface area contributed by atoms with Crippen molar-refractivity contribution in [3.63, 3.8) is 0 Å². The van der Waals surface area contributed by atoms with E-state index >= 15 is 0 Å². The molecule has 0 aromatic heterocycles. The summed E-state index contributed by atoms with van der Waals surface area (Å²) in [7, 11) is 0. The third-order valence-corrected chi connectivity index (χ3v) is 3.66. The zero-order chi connectivity index (χ0) is 12.0. The maximum atomic E-state index is 8.71. The minimum Gasteiger partial charge on any atom is -0.312 e. The maximum Gasteiger partial charge on any atom is 0.0992 e. The van der Waals surface area contributed by atoms with Gasteiger partial charge in [-0.2, -0.15) is 17.0 Å². The molecule has 0 heterocycles. The summed E-state index contributed by atoms with van der Waals surface area (Å²) in [5.41, 5.74) is 1.64. The highest BCUT2D eigenvalue weighted by Gasteiger charge is 2.03. The van der Waals surface area contributed by atoms with Gasteiger partial charge in [0.25, 0.3) is 0 Å². The molecule has 1 rings (SSSR count). The highest BCUT2D eigenvalue weighted by Crippen LogP contribution is 2.17. The van der Waals surface area contributed by atoms with E-state index < -0.39 is 0 Å². The number of hydrogen-bond donors (Lipinski definition) is 1. The van der Waals surface area contributed by atoms with Crippen molar-refractivity contribution in [3.05, 3.63) is 34.3 Å². The first-order valence-corrected chi connectivity index (χ1v) is 6.76. The van der Waals surface area contributed by atoms with Crippen molar-refractivity contribution >= 4 is 23.4 Å². The summed E-state index contributed by atoms with van der Waals surface area (Å²) >= 11 is 7.89. The molecule has 16 heavy (non-hydrogen) atoms. The Bertz CT molecular complexity index is 387. The van der Waals surface area contributed by atoms with Crippen LogP contribution in [0.15, 0.2) is 18.2 Å². The van der Waals surface area contributed by atoms with E-state index in [1.807, 2.05) is 17.8 Å². The quantitative estimate of drug-likeness (QED) is 0.877. The lowest BCUT2D eigenvalue weighted by Gasteiger charge is -2.10. The molecule has 86 valence electrons. The van der Waals surface area contributed by atoms with E-state index in [4.69, 9.17) is 16.9 Å². The lowest BCUT2D eigenvalue weighted by atomic mass is 10.1. The van der Waals surface area contributed by atoms with Gasteiger partial charge in [0.05, 0.1) is 11.6 Å². The zero-order valence-electron chi connectivity index (χ0n) is 9.46. The SMILES string of the molecule is CSC(C)CNCc1ccc(C#N)cc1Cl. The first kappa shape index (κ1) is 13.4. The maximum absolute atomic E-state index is 8.71. The first-order valence-electron chi connectivity index (χ1n) is 5.09. The van der Waals surface area contributed by atoms with Crippen molar-refractivity contribution in [1.82, 2.24) is 5.32 Å². The third-order valence-electron chi connectivity index (χ3n) is 2.33. The van der Waals surface area contributed by atoms with Crippen LogP contribution in [-0.2, 0) is 6.54 Å². The fourth-order valence-electron chi connectivity index (χ4n) is 1.25. The van der Waals surface area contributed by atoms with E-state index in [0.717, 1.165) is 18.7 Å². The number of thioether (sulfide) groups is 1. The zero-order valence-corrected chi connectivity index (χ0v) is 11.0. The van der Waals surface area contributed by atoms with Gasteiger partial charge in [-0.25, -0.2) is 0 Å². The van der Waals surface area contributed by atoms with Crippen LogP contribution in [0.3, 0.4) is 0 Å². The Labute approximate surface area is 106 Å². The second-order valence-corrected chi connectivity index (χ2v) is 5.28. The van der Waals surface area contributed by atoms with Crippen LogP contribution >= 0.6 is 23.4 Å². The van der Waals surface area contributed by atoms with Crippen LogP contribution in [0.4, 0.5) is 0 Å². The second kappa shape index (κ2) is 6.80. The molecule has 0 aliphatic heterocycles. The number of halogens is 1. The Morgan fingerprint density at radius 1 is 1.56 bits per heavy atom. The van der Waals surface area contributed by atoms with Gasteiger partial charge in [-0.15, -0.1) is 0 Å². The van der Waals surface area contributed by atoms with Gasteiger partial charge in [0.2, 0.25) is 0 Å². The van der Waals surface area contributed by atoms with Crippen LogP contribution in [0.5, 0.6) is 0 Å². The minimum absolute atomic E-state index is 0.595. The van der Waals surface area contributed by atoms with Crippen molar-refractivity contribution in [3.8, 4) is 6.07 Å². The van der Waals surface area contributed by atoms with Crippen molar-refractivity contribution in [2.24, 2.45) is 0 Å². The van der Waals surface area contributed by atoms with Crippen molar-refractivity contribution in [2.45, 2.75) is 18.7 Å². The van der Waals surface area contributed by atoms with E-state index in [0.29, 0.717) is 15.8 Å². The molecule has 0 saturated heterocycles. The molecule has 0 amide bonds. The number of nitrogens with one attached hydrogen (secondary N) is 1. The van der Waals surface area contributed by atoms with Crippen LogP contribution in [0, 0.1) is 11.3 Å². The Balaban J connectivity index is 2.52. The van der Waals surface area contributed by atoms with Crippen LogP contribution in [0.25, 0.3) is 0 Å². The number of nitrogens with zero attached hydrogens (tertiary/aromatic N) is 1. The van der Waals surface area contributed by atoms with E-state index in [-0.39, 0.29) is 0 Å². The van der Waals surface area contributed by atoms with E-state index in [9.17, 15) is 0 Å². The van der Waals surface area contributed by atoms with Gasteiger partial charge in [-0.1, -0.05) is 24.6 Å². The lowest BCUT2D eigenvalue weighted by molar-refractivity contribution is 0.685. The summed E-state index contributed by atoms with van der Waals surface area (Å²) in [5, 5.41) is 13.3. The standard InChI is InChI=1S/C12H15ClN2S/c1-9(16-2)7-15-8-11-4-3-10(6-14)5-12(11)13/h3-5,9,15H,7-8H2,1-2H3. The Morgan fingerprint density at radius 3 is 2.88 bits per heavy atom. The summed E-state index contributed by atoms with van der Waals surface area (Å²) in [4.78, 5) is 0. The predicted molar refractivity (Wildman–Crippen MR) is 70.9 cm³/mol. The Kier molecular flexibility index (Phi) is 5.68. The van der Waals surface area contributed by atoms with Gasteiger partial charge in [-0.3, -0.25) is 0 Å². The number of nitriles is 1. The molecule has 1 aromatic rings. The molecule has 0 aliphatic carbocycles. The van der Waals surface area contributed by atoms with Gasteiger partial charge in [0.15, 0.2) is 0 Å². The molecule has 0 bridgehead atoms. The molecule has 0 spiro atoms. The number of rotatable bonds is 5. The smallest absolute Gasteiger partial charge is 0.0992 e. The first-order chi connectivity index (χ1) is 7.67. The average Bonchev–Trinajstić information content (AvgIpc) is 2.30. The Morgan fingerprint density at radius 2 is 2.31 bits per heavy atom. The van der Waals surface area contributed by atoms with Crippen molar-refractivity contribution < 1.29 is 0 Å². The molecule has 1 N–H and O–H groups in total. The predicted octanol–water partition coefficient (Wildman–Crippen LogP) is 3.05. The van der Waals surface area contributed by atoms with Crippen LogP contribution in [-0.4, -0.2) is 18.1 Å². The molecule has 0 fully saturated rings. The highest BCUT2D eigenvalue weighted by atomic mass is 35.5. The van der Waals surface area contributed by atoms with E-state index in [1.54, 1.807) is 12.1 Å². The Hall–Kier alpha value is -0.690. The number of hydrogen-bond acceptors (Lipinski definition) is 3. The van der Waals surface area contributed by atoms with Gasteiger partial charge in [-0.05, 0) is 24.0 Å². The fourth-order valence-corrected chi connectivity index (χ4v) is 1.79. The molecular weight excluding hydrogens is 240 g/mol. The minimum atomic E-state index is 0.595. The third kappa shape index (κ3) is 4.05. The summed E-state index contributed by atoms with van der Waals surface area (Å²) in [6.45, 7) is 3.88. The van der Waals surface area contributed by atoms with Gasteiger partial charge >= 0.3 is 0 Å². The summed E-state index contributed by atoms with van der Waals surface area (Å²) < 4.78 is 0. The van der Waals surface area contributed by atoms with Crippen LogP contribution < -0.4 is 5.32 Å². The van der Waals surface area contributed by atoms with E-state index in [1.165, 1.54) is 0 Å². The highest BCUT2D eigenvalue weighted by molar-refractivity contribution is 7.99. The molecule has 1 unspecified atom stereocenters. The normalized spacial score (nSPS) is 12.1. The van der Waals surface area contributed by atoms with Gasteiger partial charge in [0.1, 0.15) is 0 Å². The number of benzene rings is 1. The van der Waals surface area contributed by atoms with Crippen molar-refractivity contribution in [1.29, 1.82) is 5.26 Å². The topological polar surface area (TPSA) is 35.8 Å². The molecule has 0 radical (unpaired) electrons. The van der Waals surface area contributed by atoms with Gasteiger partial charge in [0, 0.05) is 23.4 Å². The monoisotopic (exact) mass is 254 g/mol. The molecule has 1 atom stereocenters. The summed E-state index contributed by atoms with van der Waals surface area (Å²) in [6, 6.07) is 7.47. The van der Waals surface area contributed by atoms with Crippen LogP contribution in [0.1, 0.15) is 18.1 Å². The molecule has 1 aromatic carbocycles. The molecule has 4 heteroatoms. The molecule has 2 nitrogen and oxygen atoms in total. The van der Waals surface area contributed by atoms with Crippen LogP contribution in [0.2, 0.25) is 5.02 Å².